The molecule has 11 heteroatoms. The van der Waals surface area contributed by atoms with E-state index in [1.807, 2.05) is 0 Å². The highest BCUT2D eigenvalue weighted by atomic mass is 19.3. The molecular formula is C22H24F2N6O3. The van der Waals surface area contributed by atoms with Gasteiger partial charge in [-0.1, -0.05) is 19.1 Å². The molecule has 9 nitrogen and oxygen atoms in total. The van der Waals surface area contributed by atoms with Gasteiger partial charge in [0.2, 0.25) is 0 Å². The molecule has 0 unspecified atom stereocenters. The maximum absolute atomic E-state index is 13.7. The number of nitrogens with one attached hydrogen (secondary N) is 1. The van der Waals surface area contributed by atoms with E-state index in [2.05, 4.69) is 15.2 Å². The molecule has 3 aromatic rings. The van der Waals surface area contributed by atoms with E-state index in [1.54, 1.807) is 48.2 Å². The first-order valence-corrected chi connectivity index (χ1v) is 10.6. The molecule has 1 saturated heterocycles. The van der Waals surface area contributed by atoms with Crippen LogP contribution in [0.2, 0.25) is 0 Å². The van der Waals surface area contributed by atoms with Gasteiger partial charge in [-0.3, -0.25) is 14.7 Å². The Hall–Kier alpha value is -3.76. The van der Waals surface area contributed by atoms with Gasteiger partial charge in [0.1, 0.15) is 5.82 Å². The van der Waals surface area contributed by atoms with Crippen LogP contribution in [0.1, 0.15) is 25.2 Å². The van der Waals surface area contributed by atoms with Crippen molar-refractivity contribution in [1.82, 2.24) is 19.8 Å². The SMILES string of the molecule is C[C@@H](CNC(=O)N1CCN(c2ccc([N+](=O)[O-])cc2)CC1)c1nc2ccccc2n1C(F)F. The number of aromatic nitrogens is 2. The summed E-state index contributed by atoms with van der Waals surface area (Å²) in [5, 5.41) is 13.6. The Morgan fingerprint density at radius 1 is 1.12 bits per heavy atom. The summed E-state index contributed by atoms with van der Waals surface area (Å²) in [6.07, 6.45) is 0. The molecule has 2 heterocycles. The summed E-state index contributed by atoms with van der Waals surface area (Å²) in [5.41, 5.74) is 1.75. The molecular weight excluding hydrogens is 434 g/mol. The van der Waals surface area contributed by atoms with Crippen LogP contribution in [0.3, 0.4) is 0 Å². The number of non-ortho nitro benzene ring substituents is 1. The minimum atomic E-state index is -2.72. The number of alkyl halides is 2. The van der Waals surface area contributed by atoms with E-state index in [0.29, 0.717) is 37.2 Å². The number of nitrogens with zero attached hydrogens (tertiary/aromatic N) is 5. The number of amides is 2. The van der Waals surface area contributed by atoms with Crippen LogP contribution in [0.5, 0.6) is 0 Å². The first kappa shape index (κ1) is 22.4. The quantitative estimate of drug-likeness (QED) is 0.445. The number of benzene rings is 2. The number of carbonyl (C=O) groups excluding carboxylic acids is 1. The van der Waals surface area contributed by atoms with Gasteiger partial charge in [0, 0.05) is 56.5 Å². The lowest BCUT2D eigenvalue weighted by atomic mass is 10.1. The van der Waals surface area contributed by atoms with E-state index >= 15 is 0 Å². The molecule has 0 spiro atoms. The van der Waals surface area contributed by atoms with E-state index < -0.39 is 17.4 Å². The number of hydrogen-bond acceptors (Lipinski definition) is 5. The number of anilines is 1. The molecule has 1 aliphatic heterocycles. The second-order valence-electron chi connectivity index (χ2n) is 7.94. The molecule has 0 aliphatic carbocycles. The number of halogens is 2. The fourth-order valence-corrected chi connectivity index (χ4v) is 4.01. The number of para-hydroxylation sites is 2. The molecule has 174 valence electrons. The monoisotopic (exact) mass is 458 g/mol. The molecule has 1 aliphatic rings. The van der Waals surface area contributed by atoms with Crippen LogP contribution in [0.4, 0.5) is 25.0 Å². The lowest BCUT2D eigenvalue weighted by molar-refractivity contribution is -0.384. The summed E-state index contributed by atoms with van der Waals surface area (Å²) in [6.45, 7) is 1.34. The normalized spacial score (nSPS) is 15.2. The lowest BCUT2D eigenvalue weighted by Crippen LogP contribution is -2.52. The average Bonchev–Trinajstić information content (AvgIpc) is 3.22. The fourth-order valence-electron chi connectivity index (χ4n) is 4.01. The Kier molecular flexibility index (Phi) is 6.38. The highest BCUT2D eigenvalue weighted by Gasteiger charge is 2.25. The molecule has 1 aromatic heterocycles. The van der Waals surface area contributed by atoms with Crippen molar-refractivity contribution in [3.8, 4) is 0 Å². The number of imidazole rings is 1. The highest BCUT2D eigenvalue weighted by Crippen LogP contribution is 2.27. The molecule has 2 aromatic carbocycles. The van der Waals surface area contributed by atoms with Crippen molar-refractivity contribution in [2.24, 2.45) is 0 Å². The second-order valence-corrected chi connectivity index (χ2v) is 7.94. The molecule has 2 amide bonds. The van der Waals surface area contributed by atoms with Crippen LogP contribution in [-0.4, -0.2) is 58.1 Å². The predicted octanol–water partition coefficient (Wildman–Crippen LogP) is 3.97. The molecule has 1 N–H and O–H groups in total. The summed E-state index contributed by atoms with van der Waals surface area (Å²) < 4.78 is 28.2. The van der Waals surface area contributed by atoms with Crippen LogP contribution in [0.25, 0.3) is 11.0 Å². The Morgan fingerprint density at radius 3 is 2.42 bits per heavy atom. The van der Waals surface area contributed by atoms with E-state index in [0.717, 1.165) is 10.3 Å². The summed E-state index contributed by atoms with van der Waals surface area (Å²) in [4.78, 5) is 31.1. The standard InChI is InChI=1S/C22H24F2N6O3/c1-15(20-26-18-4-2-3-5-19(18)29(20)21(23)24)14-25-22(31)28-12-10-27(11-13-28)16-6-8-17(9-7-16)30(32)33/h2-9,15,21H,10-14H2,1H3,(H,25,31)/t15-/m0/s1. The third-order valence-corrected chi connectivity index (χ3v) is 5.81. The van der Waals surface area contributed by atoms with Crippen LogP contribution in [0.15, 0.2) is 48.5 Å². The van der Waals surface area contributed by atoms with Gasteiger partial charge in [0.05, 0.1) is 16.0 Å². The average molecular weight is 458 g/mol. The van der Waals surface area contributed by atoms with Crippen molar-refractivity contribution >= 4 is 28.4 Å². The van der Waals surface area contributed by atoms with Crippen LogP contribution >= 0.6 is 0 Å². The smallest absolute Gasteiger partial charge is 0.320 e. The Bertz CT molecular complexity index is 1140. The maximum Gasteiger partial charge on any atom is 0.320 e. The number of hydrogen-bond donors (Lipinski definition) is 1. The summed E-state index contributed by atoms with van der Waals surface area (Å²) in [6, 6.07) is 12.8. The number of rotatable bonds is 6. The predicted molar refractivity (Wildman–Crippen MR) is 120 cm³/mol. The first-order valence-electron chi connectivity index (χ1n) is 10.6. The largest absolute Gasteiger partial charge is 0.368 e. The lowest BCUT2D eigenvalue weighted by Gasteiger charge is -2.36. The first-order chi connectivity index (χ1) is 15.8. The third kappa shape index (κ3) is 4.71. The zero-order chi connectivity index (χ0) is 23.5. The number of nitro benzene ring substituents is 1. The Morgan fingerprint density at radius 2 is 1.79 bits per heavy atom. The molecule has 1 fully saturated rings. The Labute approximate surface area is 188 Å². The van der Waals surface area contributed by atoms with E-state index in [-0.39, 0.29) is 24.1 Å². The van der Waals surface area contributed by atoms with Crippen molar-refractivity contribution in [3.63, 3.8) is 0 Å². The van der Waals surface area contributed by atoms with Gasteiger partial charge in [-0.05, 0) is 24.3 Å². The van der Waals surface area contributed by atoms with Crippen LogP contribution in [0, 0.1) is 10.1 Å². The number of nitro groups is 1. The second kappa shape index (κ2) is 9.39. The summed E-state index contributed by atoms with van der Waals surface area (Å²) in [5.74, 6) is -0.175. The van der Waals surface area contributed by atoms with Gasteiger partial charge in [-0.15, -0.1) is 0 Å². The molecule has 1 atom stereocenters. The molecule has 0 saturated carbocycles. The molecule has 33 heavy (non-hydrogen) atoms. The zero-order valence-electron chi connectivity index (χ0n) is 18.0. The number of urea groups is 1. The summed E-state index contributed by atoms with van der Waals surface area (Å²) in [7, 11) is 0. The fraction of sp³-hybridized carbons (Fsp3) is 0.364. The van der Waals surface area contributed by atoms with Gasteiger partial charge < -0.3 is 15.1 Å². The molecule has 4 rings (SSSR count). The van der Waals surface area contributed by atoms with Crippen LogP contribution in [-0.2, 0) is 0 Å². The van der Waals surface area contributed by atoms with Crippen molar-refractivity contribution in [2.75, 3.05) is 37.6 Å². The molecule has 0 radical (unpaired) electrons. The third-order valence-electron chi connectivity index (χ3n) is 5.81. The minimum Gasteiger partial charge on any atom is -0.368 e. The van der Waals surface area contributed by atoms with Gasteiger partial charge in [0.25, 0.3) is 5.69 Å². The maximum atomic E-state index is 13.7. The highest BCUT2D eigenvalue weighted by molar-refractivity contribution is 5.76. The van der Waals surface area contributed by atoms with E-state index in [4.69, 9.17) is 0 Å². The van der Waals surface area contributed by atoms with E-state index in [9.17, 15) is 23.7 Å². The van der Waals surface area contributed by atoms with E-state index in [1.165, 1.54) is 12.1 Å². The topological polar surface area (TPSA) is 96.5 Å². The van der Waals surface area contributed by atoms with Crippen molar-refractivity contribution in [1.29, 1.82) is 0 Å². The van der Waals surface area contributed by atoms with Crippen LogP contribution < -0.4 is 10.2 Å². The van der Waals surface area contributed by atoms with Gasteiger partial charge >= 0.3 is 12.6 Å². The van der Waals surface area contributed by atoms with Crippen molar-refractivity contribution in [3.05, 3.63) is 64.5 Å². The number of carbonyl (C=O) groups is 1. The van der Waals surface area contributed by atoms with Crippen molar-refractivity contribution < 1.29 is 18.5 Å². The van der Waals surface area contributed by atoms with Gasteiger partial charge in [-0.25, -0.2) is 9.78 Å². The Balaban J connectivity index is 1.33. The van der Waals surface area contributed by atoms with Crippen molar-refractivity contribution in [2.45, 2.75) is 19.4 Å². The zero-order valence-corrected chi connectivity index (χ0v) is 18.0. The number of fused-ring (bicyclic) bond motifs is 1. The minimum absolute atomic E-state index is 0.0336. The number of piperazine rings is 1. The molecule has 0 bridgehead atoms. The summed E-state index contributed by atoms with van der Waals surface area (Å²) >= 11 is 0. The van der Waals surface area contributed by atoms with Gasteiger partial charge in [-0.2, -0.15) is 8.78 Å². The van der Waals surface area contributed by atoms with Gasteiger partial charge in [0.15, 0.2) is 0 Å².